The van der Waals surface area contributed by atoms with Gasteiger partial charge in [-0.25, -0.2) is 0 Å². The van der Waals surface area contributed by atoms with Crippen LogP contribution in [-0.2, 0) is 20.9 Å². The summed E-state index contributed by atoms with van der Waals surface area (Å²) in [6, 6.07) is 7.52. The van der Waals surface area contributed by atoms with Gasteiger partial charge in [0, 0.05) is 43.1 Å². The molecule has 0 radical (unpaired) electrons. The van der Waals surface area contributed by atoms with Crippen LogP contribution in [-0.4, -0.2) is 35.7 Å². The predicted octanol–water partition coefficient (Wildman–Crippen LogP) is 2.55. The summed E-state index contributed by atoms with van der Waals surface area (Å²) in [7, 11) is 0. The zero-order valence-corrected chi connectivity index (χ0v) is 16.2. The molecule has 1 heterocycles. The Morgan fingerprint density at radius 3 is 2.19 bits per heavy atom. The van der Waals surface area contributed by atoms with Crippen molar-refractivity contribution in [3.63, 3.8) is 0 Å². The first-order valence-corrected chi connectivity index (χ1v) is 9.90. The van der Waals surface area contributed by atoms with E-state index in [1.807, 2.05) is 43.0 Å². The molecule has 1 aromatic carbocycles. The number of nitrogens with one attached hydrogen (secondary N) is 2. The highest BCUT2D eigenvalue weighted by atomic mass is 16.2. The van der Waals surface area contributed by atoms with E-state index in [1.54, 1.807) is 0 Å². The van der Waals surface area contributed by atoms with Crippen molar-refractivity contribution in [3.8, 4) is 0 Å². The van der Waals surface area contributed by atoms with Crippen LogP contribution in [0.4, 0.5) is 5.69 Å². The normalized spacial score (nSPS) is 17.7. The average Bonchev–Trinajstić information content (AvgIpc) is 3.52. The van der Waals surface area contributed by atoms with Crippen molar-refractivity contribution in [2.75, 3.05) is 18.4 Å². The van der Waals surface area contributed by atoms with E-state index in [4.69, 9.17) is 0 Å². The molecule has 0 bridgehead atoms. The van der Waals surface area contributed by atoms with Gasteiger partial charge < -0.3 is 15.5 Å². The van der Waals surface area contributed by atoms with E-state index >= 15 is 0 Å². The zero-order chi connectivity index (χ0) is 19.4. The molecule has 1 saturated carbocycles. The lowest BCUT2D eigenvalue weighted by Crippen LogP contribution is -2.43. The van der Waals surface area contributed by atoms with Gasteiger partial charge in [0.1, 0.15) is 0 Å². The summed E-state index contributed by atoms with van der Waals surface area (Å²) in [5, 5.41) is 5.85. The van der Waals surface area contributed by atoms with Gasteiger partial charge in [0.2, 0.25) is 17.7 Å². The summed E-state index contributed by atoms with van der Waals surface area (Å²) in [5.74, 6) is 0.503. The first-order valence-electron chi connectivity index (χ1n) is 9.90. The molecule has 1 aromatic rings. The number of likely N-dealkylation sites (tertiary alicyclic amines) is 1. The number of anilines is 1. The van der Waals surface area contributed by atoms with Crippen LogP contribution in [0.2, 0.25) is 0 Å². The molecule has 2 aliphatic rings. The molecule has 2 fully saturated rings. The molecule has 6 heteroatoms. The van der Waals surface area contributed by atoms with E-state index in [1.165, 1.54) is 0 Å². The molecular formula is C21H29N3O3. The fourth-order valence-electron chi connectivity index (χ4n) is 3.28. The van der Waals surface area contributed by atoms with Crippen LogP contribution in [0.5, 0.6) is 0 Å². The number of amides is 3. The quantitative estimate of drug-likeness (QED) is 0.807. The lowest BCUT2D eigenvalue weighted by molar-refractivity contribution is -0.136. The molecule has 0 unspecified atom stereocenters. The standard InChI is InChI=1S/C21H29N3O3/c1-14(2)19(25)23-18-7-3-15(4-8-18)13-22-20(26)16-9-11-24(12-10-16)21(27)17-5-6-17/h3-4,7-8,14,16-17H,5-6,9-13H2,1-2H3,(H,22,26)(H,23,25). The Morgan fingerprint density at radius 1 is 1.00 bits per heavy atom. The number of nitrogens with zero attached hydrogens (tertiary/aromatic N) is 1. The van der Waals surface area contributed by atoms with Gasteiger partial charge in [-0.05, 0) is 43.4 Å². The van der Waals surface area contributed by atoms with Crippen molar-refractivity contribution in [3.05, 3.63) is 29.8 Å². The van der Waals surface area contributed by atoms with Crippen LogP contribution in [0.3, 0.4) is 0 Å². The first kappa shape index (κ1) is 19.4. The molecule has 27 heavy (non-hydrogen) atoms. The van der Waals surface area contributed by atoms with Gasteiger partial charge in [0.05, 0.1) is 0 Å². The van der Waals surface area contributed by atoms with E-state index in [-0.39, 0.29) is 35.5 Å². The number of piperidine rings is 1. The summed E-state index contributed by atoms with van der Waals surface area (Å²) in [4.78, 5) is 38.1. The summed E-state index contributed by atoms with van der Waals surface area (Å²) in [6.07, 6.45) is 3.54. The van der Waals surface area contributed by atoms with E-state index < -0.39 is 0 Å². The van der Waals surface area contributed by atoms with Gasteiger partial charge in [0.25, 0.3) is 0 Å². The minimum Gasteiger partial charge on any atom is -0.352 e. The Kier molecular flexibility index (Phi) is 6.14. The maximum atomic E-state index is 12.4. The lowest BCUT2D eigenvalue weighted by Gasteiger charge is -2.31. The molecule has 2 N–H and O–H groups in total. The molecule has 0 spiro atoms. The molecule has 3 rings (SSSR count). The van der Waals surface area contributed by atoms with Crippen LogP contribution >= 0.6 is 0 Å². The Morgan fingerprint density at radius 2 is 1.63 bits per heavy atom. The van der Waals surface area contributed by atoms with Gasteiger partial charge in [0.15, 0.2) is 0 Å². The van der Waals surface area contributed by atoms with E-state index in [0.29, 0.717) is 19.6 Å². The van der Waals surface area contributed by atoms with Crippen LogP contribution < -0.4 is 10.6 Å². The Labute approximate surface area is 160 Å². The minimum absolute atomic E-state index is 0.0115. The molecule has 0 aromatic heterocycles. The van der Waals surface area contributed by atoms with Gasteiger partial charge in [-0.2, -0.15) is 0 Å². The maximum Gasteiger partial charge on any atom is 0.226 e. The zero-order valence-electron chi connectivity index (χ0n) is 16.2. The minimum atomic E-state index is -0.0602. The fraction of sp³-hybridized carbons (Fsp3) is 0.571. The third kappa shape index (κ3) is 5.31. The number of benzene rings is 1. The number of hydrogen-bond donors (Lipinski definition) is 2. The molecule has 0 atom stereocenters. The average molecular weight is 371 g/mol. The molecule has 1 saturated heterocycles. The third-order valence-corrected chi connectivity index (χ3v) is 5.32. The predicted molar refractivity (Wildman–Crippen MR) is 104 cm³/mol. The first-order chi connectivity index (χ1) is 12.9. The van der Waals surface area contributed by atoms with Crippen molar-refractivity contribution in [1.29, 1.82) is 0 Å². The largest absolute Gasteiger partial charge is 0.352 e. The van der Waals surface area contributed by atoms with Crippen molar-refractivity contribution in [2.24, 2.45) is 17.8 Å². The van der Waals surface area contributed by atoms with Crippen molar-refractivity contribution >= 4 is 23.4 Å². The van der Waals surface area contributed by atoms with Crippen LogP contribution in [0.25, 0.3) is 0 Å². The van der Waals surface area contributed by atoms with Crippen molar-refractivity contribution in [2.45, 2.75) is 46.1 Å². The summed E-state index contributed by atoms with van der Waals surface area (Å²) < 4.78 is 0. The van der Waals surface area contributed by atoms with Crippen LogP contribution in [0.1, 0.15) is 45.1 Å². The SMILES string of the molecule is CC(C)C(=O)Nc1ccc(CNC(=O)C2CCN(C(=O)C3CC3)CC2)cc1. The van der Waals surface area contributed by atoms with E-state index in [9.17, 15) is 14.4 Å². The second-order valence-corrected chi connectivity index (χ2v) is 7.93. The van der Waals surface area contributed by atoms with Crippen LogP contribution in [0.15, 0.2) is 24.3 Å². The molecule has 1 aliphatic heterocycles. The molecule has 6 nitrogen and oxygen atoms in total. The molecular weight excluding hydrogens is 342 g/mol. The number of hydrogen-bond acceptors (Lipinski definition) is 3. The summed E-state index contributed by atoms with van der Waals surface area (Å²) in [6.45, 7) is 5.56. The monoisotopic (exact) mass is 371 g/mol. The lowest BCUT2D eigenvalue weighted by atomic mass is 9.95. The second kappa shape index (κ2) is 8.55. The highest BCUT2D eigenvalue weighted by Gasteiger charge is 2.35. The number of carbonyl (C=O) groups excluding carboxylic acids is 3. The topological polar surface area (TPSA) is 78.5 Å². The second-order valence-electron chi connectivity index (χ2n) is 7.93. The van der Waals surface area contributed by atoms with Gasteiger partial charge in [-0.15, -0.1) is 0 Å². The summed E-state index contributed by atoms with van der Waals surface area (Å²) in [5.41, 5.74) is 1.75. The highest BCUT2D eigenvalue weighted by Crippen LogP contribution is 2.32. The van der Waals surface area contributed by atoms with Crippen molar-refractivity contribution < 1.29 is 14.4 Å². The number of carbonyl (C=O) groups is 3. The fourth-order valence-corrected chi connectivity index (χ4v) is 3.28. The van der Waals surface area contributed by atoms with Crippen molar-refractivity contribution in [1.82, 2.24) is 10.2 Å². The Balaban J connectivity index is 1.41. The summed E-state index contributed by atoms with van der Waals surface area (Å²) >= 11 is 0. The number of rotatable bonds is 6. The Bertz CT molecular complexity index is 687. The van der Waals surface area contributed by atoms with E-state index in [2.05, 4.69) is 10.6 Å². The van der Waals surface area contributed by atoms with Gasteiger partial charge in [-0.1, -0.05) is 26.0 Å². The van der Waals surface area contributed by atoms with Gasteiger partial charge >= 0.3 is 0 Å². The molecule has 146 valence electrons. The van der Waals surface area contributed by atoms with Crippen LogP contribution in [0, 0.1) is 17.8 Å². The van der Waals surface area contributed by atoms with E-state index in [0.717, 1.165) is 36.9 Å². The maximum absolute atomic E-state index is 12.4. The van der Waals surface area contributed by atoms with Gasteiger partial charge in [-0.3, -0.25) is 14.4 Å². The highest BCUT2D eigenvalue weighted by molar-refractivity contribution is 5.92. The third-order valence-electron chi connectivity index (χ3n) is 5.32. The molecule has 1 aliphatic carbocycles. The molecule has 3 amide bonds. The smallest absolute Gasteiger partial charge is 0.226 e. The Hall–Kier alpha value is -2.37.